The molecule has 5 heteroatoms. The van der Waals surface area contributed by atoms with Gasteiger partial charge in [-0.25, -0.2) is 5.43 Å². The van der Waals surface area contributed by atoms with Crippen LogP contribution in [0.5, 0.6) is 0 Å². The smallest absolute Gasteiger partial charge is 0.152 e. The van der Waals surface area contributed by atoms with Gasteiger partial charge in [0.2, 0.25) is 0 Å². The molecule has 4 nitrogen and oxygen atoms in total. The number of furan rings is 1. The molecule has 1 atom stereocenters. The zero-order chi connectivity index (χ0) is 14.0. The number of fused-ring (bicyclic) bond motifs is 1. The molecule has 1 unspecified atom stereocenters. The predicted molar refractivity (Wildman–Crippen MR) is 77.0 cm³/mol. The molecule has 0 radical (unpaired) electrons. The summed E-state index contributed by atoms with van der Waals surface area (Å²) in [5, 5.41) is 1.57. The molecule has 2 aromatic rings. The number of halogens is 1. The standard InChI is InChI=1S/C14H19ClN2O2/c1-14(2,18-3)8-11(17-16)12-7-9-5-4-6-10(15)13(9)19-12/h4-7,11,17H,8,16H2,1-3H3. The van der Waals surface area contributed by atoms with Crippen LogP contribution in [0.3, 0.4) is 0 Å². The summed E-state index contributed by atoms with van der Waals surface area (Å²) in [6.45, 7) is 4.01. The Hall–Kier alpha value is -1.07. The Morgan fingerprint density at radius 2 is 2.21 bits per heavy atom. The van der Waals surface area contributed by atoms with E-state index in [0.717, 1.165) is 11.1 Å². The average Bonchev–Trinajstić information content (AvgIpc) is 2.81. The van der Waals surface area contributed by atoms with Crippen molar-refractivity contribution in [3.8, 4) is 0 Å². The van der Waals surface area contributed by atoms with E-state index in [2.05, 4.69) is 5.43 Å². The topological polar surface area (TPSA) is 60.4 Å². The molecule has 104 valence electrons. The van der Waals surface area contributed by atoms with Gasteiger partial charge in [0.05, 0.1) is 16.7 Å². The number of ether oxygens (including phenoxy) is 1. The molecular formula is C14H19ClN2O2. The van der Waals surface area contributed by atoms with Crippen molar-refractivity contribution < 1.29 is 9.15 Å². The molecule has 1 aromatic heterocycles. The number of benzene rings is 1. The van der Waals surface area contributed by atoms with Gasteiger partial charge in [-0.1, -0.05) is 23.7 Å². The summed E-state index contributed by atoms with van der Waals surface area (Å²) in [7, 11) is 1.68. The Balaban J connectivity index is 2.33. The third-order valence-corrected chi connectivity index (χ3v) is 3.61. The van der Waals surface area contributed by atoms with E-state index in [1.165, 1.54) is 0 Å². The van der Waals surface area contributed by atoms with Crippen LogP contribution in [0.15, 0.2) is 28.7 Å². The number of nitrogens with one attached hydrogen (secondary N) is 1. The Kier molecular flexibility index (Phi) is 4.16. The van der Waals surface area contributed by atoms with E-state index in [0.29, 0.717) is 17.0 Å². The molecule has 0 amide bonds. The molecule has 19 heavy (non-hydrogen) atoms. The lowest BCUT2D eigenvalue weighted by Crippen LogP contribution is -2.35. The van der Waals surface area contributed by atoms with Crippen molar-refractivity contribution in [3.63, 3.8) is 0 Å². The first-order chi connectivity index (χ1) is 8.96. The maximum Gasteiger partial charge on any atom is 0.152 e. The molecule has 0 aliphatic rings. The van der Waals surface area contributed by atoms with Gasteiger partial charge in [-0.3, -0.25) is 5.84 Å². The Morgan fingerprint density at radius 3 is 2.79 bits per heavy atom. The minimum Gasteiger partial charge on any atom is -0.458 e. The lowest BCUT2D eigenvalue weighted by Gasteiger charge is -2.27. The Bertz CT molecular complexity index is 566. The van der Waals surface area contributed by atoms with E-state index in [4.69, 9.17) is 26.6 Å². The van der Waals surface area contributed by atoms with Crippen LogP contribution in [-0.2, 0) is 4.74 Å². The molecule has 2 rings (SSSR count). The molecule has 3 N–H and O–H groups in total. The Morgan fingerprint density at radius 1 is 1.47 bits per heavy atom. The van der Waals surface area contributed by atoms with Crippen LogP contribution in [0.4, 0.5) is 0 Å². The fraction of sp³-hybridized carbons (Fsp3) is 0.429. The van der Waals surface area contributed by atoms with Crippen molar-refractivity contribution in [1.29, 1.82) is 0 Å². The van der Waals surface area contributed by atoms with Gasteiger partial charge in [0.15, 0.2) is 5.58 Å². The number of para-hydroxylation sites is 1. The van der Waals surface area contributed by atoms with Crippen molar-refractivity contribution >= 4 is 22.6 Å². The van der Waals surface area contributed by atoms with Crippen molar-refractivity contribution in [3.05, 3.63) is 35.0 Å². The van der Waals surface area contributed by atoms with Crippen molar-refractivity contribution in [2.75, 3.05) is 7.11 Å². The first kappa shape index (κ1) is 14.3. The van der Waals surface area contributed by atoms with Gasteiger partial charge in [-0.15, -0.1) is 0 Å². The number of methoxy groups -OCH3 is 1. The summed E-state index contributed by atoms with van der Waals surface area (Å²) >= 11 is 6.11. The summed E-state index contributed by atoms with van der Waals surface area (Å²) in [4.78, 5) is 0. The fourth-order valence-electron chi connectivity index (χ4n) is 2.04. The molecule has 0 saturated carbocycles. The van der Waals surface area contributed by atoms with E-state index in [-0.39, 0.29) is 11.6 Å². The van der Waals surface area contributed by atoms with Gasteiger partial charge in [0.25, 0.3) is 0 Å². The summed E-state index contributed by atoms with van der Waals surface area (Å²) in [5.41, 5.74) is 3.17. The lowest BCUT2D eigenvalue weighted by atomic mass is 9.97. The molecule has 0 spiro atoms. The van der Waals surface area contributed by atoms with Crippen LogP contribution >= 0.6 is 11.6 Å². The molecule has 1 aromatic carbocycles. The summed E-state index contributed by atoms with van der Waals surface area (Å²) < 4.78 is 11.2. The van der Waals surface area contributed by atoms with Gasteiger partial charge in [-0.2, -0.15) is 0 Å². The second-order valence-corrected chi connectivity index (χ2v) is 5.60. The third kappa shape index (κ3) is 3.09. The maximum absolute atomic E-state index is 6.11. The zero-order valence-corrected chi connectivity index (χ0v) is 12.1. The van der Waals surface area contributed by atoms with E-state index >= 15 is 0 Å². The number of rotatable bonds is 5. The minimum absolute atomic E-state index is 0.126. The van der Waals surface area contributed by atoms with Crippen LogP contribution < -0.4 is 11.3 Å². The van der Waals surface area contributed by atoms with Crippen molar-refractivity contribution in [2.24, 2.45) is 5.84 Å². The van der Waals surface area contributed by atoms with Crippen LogP contribution in [0.25, 0.3) is 11.0 Å². The van der Waals surface area contributed by atoms with Gasteiger partial charge >= 0.3 is 0 Å². The fourth-order valence-corrected chi connectivity index (χ4v) is 2.26. The van der Waals surface area contributed by atoms with Crippen LogP contribution in [0, 0.1) is 0 Å². The first-order valence-electron chi connectivity index (χ1n) is 6.16. The monoisotopic (exact) mass is 282 g/mol. The quantitative estimate of drug-likeness (QED) is 0.652. The summed E-state index contributed by atoms with van der Waals surface area (Å²) in [6, 6.07) is 7.49. The number of hydrazine groups is 1. The largest absolute Gasteiger partial charge is 0.458 e. The third-order valence-electron chi connectivity index (χ3n) is 3.31. The van der Waals surface area contributed by atoms with Gasteiger partial charge < -0.3 is 9.15 Å². The summed E-state index contributed by atoms with van der Waals surface area (Å²) in [6.07, 6.45) is 0.692. The SMILES string of the molecule is COC(C)(C)CC(NN)c1cc2cccc(Cl)c2o1. The lowest BCUT2D eigenvalue weighted by molar-refractivity contribution is 0.00512. The van der Waals surface area contributed by atoms with E-state index in [9.17, 15) is 0 Å². The van der Waals surface area contributed by atoms with Crippen molar-refractivity contribution in [1.82, 2.24) is 5.43 Å². The number of hydrogen-bond acceptors (Lipinski definition) is 4. The van der Waals surface area contributed by atoms with Gasteiger partial charge in [-0.05, 0) is 32.4 Å². The normalized spacial score (nSPS) is 13.9. The molecular weight excluding hydrogens is 264 g/mol. The molecule has 0 bridgehead atoms. The van der Waals surface area contributed by atoms with E-state index < -0.39 is 0 Å². The highest BCUT2D eigenvalue weighted by atomic mass is 35.5. The molecule has 0 aliphatic carbocycles. The second-order valence-electron chi connectivity index (χ2n) is 5.19. The highest BCUT2D eigenvalue weighted by Gasteiger charge is 2.25. The first-order valence-corrected chi connectivity index (χ1v) is 6.54. The molecule has 0 fully saturated rings. The molecule has 1 heterocycles. The molecule has 0 aliphatic heterocycles. The highest BCUT2D eigenvalue weighted by molar-refractivity contribution is 6.34. The summed E-state index contributed by atoms with van der Waals surface area (Å²) in [5.74, 6) is 6.39. The van der Waals surface area contributed by atoms with Crippen LogP contribution in [-0.4, -0.2) is 12.7 Å². The number of hydrogen-bond donors (Lipinski definition) is 2. The van der Waals surface area contributed by atoms with Gasteiger partial charge in [0, 0.05) is 12.5 Å². The highest BCUT2D eigenvalue weighted by Crippen LogP contribution is 2.32. The minimum atomic E-state index is -0.292. The van der Waals surface area contributed by atoms with Crippen LogP contribution in [0.2, 0.25) is 5.02 Å². The Labute approximate surface area is 117 Å². The second kappa shape index (κ2) is 5.51. The average molecular weight is 283 g/mol. The maximum atomic E-state index is 6.11. The predicted octanol–water partition coefficient (Wildman–Crippen LogP) is 3.41. The molecule has 0 saturated heterocycles. The van der Waals surface area contributed by atoms with E-state index in [1.54, 1.807) is 13.2 Å². The zero-order valence-electron chi connectivity index (χ0n) is 11.4. The van der Waals surface area contributed by atoms with E-state index in [1.807, 2.05) is 32.0 Å². The van der Waals surface area contributed by atoms with Crippen LogP contribution in [0.1, 0.15) is 32.1 Å². The van der Waals surface area contributed by atoms with Crippen molar-refractivity contribution in [2.45, 2.75) is 31.9 Å². The van der Waals surface area contributed by atoms with Gasteiger partial charge in [0.1, 0.15) is 5.76 Å². The number of nitrogens with two attached hydrogens (primary N) is 1.